The zero-order chi connectivity index (χ0) is 11.0. The van der Waals surface area contributed by atoms with Crippen LogP contribution in [0.25, 0.3) is 22.0 Å². The van der Waals surface area contributed by atoms with Crippen molar-refractivity contribution in [2.45, 2.75) is 0 Å². The quantitative estimate of drug-likeness (QED) is 0.632. The van der Waals surface area contributed by atoms with E-state index in [9.17, 15) is 5.11 Å². The van der Waals surface area contributed by atoms with Crippen LogP contribution < -0.4 is 0 Å². The van der Waals surface area contributed by atoms with E-state index in [2.05, 4.69) is 11.1 Å². The molecule has 0 saturated carbocycles. The van der Waals surface area contributed by atoms with Crippen LogP contribution in [0.4, 0.5) is 0 Å². The predicted octanol–water partition coefficient (Wildman–Crippen LogP) is 3.34. The topological polar surface area (TPSA) is 36.0 Å². The minimum Gasteiger partial charge on any atom is -0.507 e. The summed E-state index contributed by atoms with van der Waals surface area (Å²) in [4.78, 5) is 3.14. The molecule has 0 amide bonds. The first-order valence-corrected chi connectivity index (χ1v) is 5.12. The van der Waals surface area contributed by atoms with Crippen molar-refractivity contribution >= 4 is 10.9 Å². The van der Waals surface area contributed by atoms with Crippen molar-refractivity contribution in [3.8, 4) is 16.9 Å². The van der Waals surface area contributed by atoms with Crippen molar-refractivity contribution in [1.29, 1.82) is 0 Å². The van der Waals surface area contributed by atoms with Crippen molar-refractivity contribution in [2.24, 2.45) is 0 Å². The van der Waals surface area contributed by atoms with Crippen molar-refractivity contribution < 1.29 is 5.11 Å². The Morgan fingerprint density at radius 1 is 1.12 bits per heavy atom. The molecule has 77 valence electrons. The molecule has 3 aromatic rings. The van der Waals surface area contributed by atoms with Gasteiger partial charge in [-0.05, 0) is 41.3 Å². The van der Waals surface area contributed by atoms with Crippen LogP contribution in [0.3, 0.4) is 0 Å². The minimum absolute atomic E-state index is 0.261. The first kappa shape index (κ1) is 9.04. The molecular formula is C14H10NO. The van der Waals surface area contributed by atoms with Gasteiger partial charge in [0.2, 0.25) is 0 Å². The molecule has 0 aliphatic carbocycles. The second-order valence-electron chi connectivity index (χ2n) is 3.71. The first-order valence-electron chi connectivity index (χ1n) is 5.12. The highest BCUT2D eigenvalue weighted by Gasteiger charge is 2.04. The molecule has 1 heterocycles. The standard InChI is InChI=1S/C14H10NO/c16-14-4-2-1-3-12(14)10-5-6-13-11(9-10)7-8-15-13/h1-2,4-9,15-16H. The lowest BCUT2D eigenvalue weighted by molar-refractivity contribution is 0.477. The predicted molar refractivity (Wildman–Crippen MR) is 64.2 cm³/mol. The molecule has 0 atom stereocenters. The number of aromatic hydroxyl groups is 1. The van der Waals surface area contributed by atoms with Crippen molar-refractivity contribution in [1.82, 2.24) is 4.98 Å². The molecule has 2 aromatic carbocycles. The molecule has 0 aliphatic heterocycles. The van der Waals surface area contributed by atoms with Gasteiger partial charge < -0.3 is 10.1 Å². The SMILES string of the molecule is Oc1ccc[c]c1-c1ccc2[nH]ccc2c1. The van der Waals surface area contributed by atoms with Crippen LogP contribution in [0.1, 0.15) is 0 Å². The van der Waals surface area contributed by atoms with Gasteiger partial charge in [0.05, 0.1) is 0 Å². The van der Waals surface area contributed by atoms with Crippen LogP contribution in [0.2, 0.25) is 0 Å². The monoisotopic (exact) mass is 208 g/mol. The van der Waals surface area contributed by atoms with Gasteiger partial charge in [-0.25, -0.2) is 0 Å². The molecule has 0 spiro atoms. The van der Waals surface area contributed by atoms with Gasteiger partial charge in [-0.15, -0.1) is 0 Å². The zero-order valence-electron chi connectivity index (χ0n) is 8.57. The third kappa shape index (κ3) is 1.36. The number of nitrogens with one attached hydrogen (secondary N) is 1. The summed E-state index contributed by atoms with van der Waals surface area (Å²) in [6, 6.07) is 16.3. The summed E-state index contributed by atoms with van der Waals surface area (Å²) in [5.41, 5.74) is 2.81. The average molecular weight is 208 g/mol. The molecule has 2 N–H and O–H groups in total. The number of aromatic amines is 1. The van der Waals surface area contributed by atoms with Crippen molar-refractivity contribution in [3.05, 3.63) is 54.7 Å². The Balaban J connectivity index is 2.22. The zero-order valence-corrected chi connectivity index (χ0v) is 8.57. The van der Waals surface area contributed by atoms with Gasteiger partial charge in [-0.3, -0.25) is 0 Å². The Kier molecular flexibility index (Phi) is 1.93. The molecule has 1 radical (unpaired) electrons. The Bertz CT molecular complexity index is 640. The Morgan fingerprint density at radius 3 is 2.94 bits per heavy atom. The summed E-state index contributed by atoms with van der Waals surface area (Å²) in [5, 5.41) is 10.9. The highest BCUT2D eigenvalue weighted by atomic mass is 16.3. The fraction of sp³-hybridized carbons (Fsp3) is 0. The Labute approximate surface area is 93.2 Å². The van der Waals surface area contributed by atoms with E-state index in [1.165, 1.54) is 0 Å². The normalized spacial score (nSPS) is 10.8. The number of H-pyrrole nitrogens is 1. The molecule has 2 nitrogen and oxygen atoms in total. The molecule has 0 bridgehead atoms. The average Bonchev–Trinajstić information content (AvgIpc) is 2.76. The lowest BCUT2D eigenvalue weighted by Gasteiger charge is -2.03. The third-order valence-corrected chi connectivity index (χ3v) is 2.68. The Morgan fingerprint density at radius 2 is 2.06 bits per heavy atom. The molecule has 0 saturated heterocycles. The number of phenolic OH excluding ortho intramolecular Hbond substituents is 1. The van der Waals surface area contributed by atoms with Gasteiger partial charge in [-0.2, -0.15) is 0 Å². The van der Waals surface area contributed by atoms with E-state index in [1.807, 2.05) is 30.5 Å². The van der Waals surface area contributed by atoms with E-state index in [0.29, 0.717) is 0 Å². The molecule has 3 rings (SSSR count). The molecule has 2 heteroatoms. The van der Waals surface area contributed by atoms with Crippen LogP contribution in [0.15, 0.2) is 48.7 Å². The summed E-state index contributed by atoms with van der Waals surface area (Å²) in [6.45, 7) is 0. The van der Waals surface area contributed by atoms with E-state index >= 15 is 0 Å². The summed E-state index contributed by atoms with van der Waals surface area (Å²) >= 11 is 0. The largest absolute Gasteiger partial charge is 0.507 e. The smallest absolute Gasteiger partial charge is 0.124 e. The van der Waals surface area contributed by atoms with Gasteiger partial charge in [0.1, 0.15) is 5.75 Å². The molecule has 0 unspecified atom stereocenters. The molecule has 0 aliphatic rings. The number of hydrogen-bond donors (Lipinski definition) is 2. The second-order valence-corrected chi connectivity index (χ2v) is 3.71. The highest BCUT2D eigenvalue weighted by molar-refractivity contribution is 5.85. The van der Waals surface area contributed by atoms with Crippen molar-refractivity contribution in [2.75, 3.05) is 0 Å². The molecular weight excluding hydrogens is 198 g/mol. The summed E-state index contributed by atoms with van der Waals surface area (Å²) in [5.74, 6) is 0.261. The molecule has 1 aromatic heterocycles. The summed E-state index contributed by atoms with van der Waals surface area (Å²) in [7, 11) is 0. The lowest BCUT2D eigenvalue weighted by Crippen LogP contribution is -1.79. The van der Waals surface area contributed by atoms with Gasteiger partial charge >= 0.3 is 0 Å². The fourth-order valence-electron chi connectivity index (χ4n) is 1.87. The number of phenols is 1. The lowest BCUT2D eigenvalue weighted by atomic mass is 10.0. The number of hydrogen-bond acceptors (Lipinski definition) is 1. The van der Waals surface area contributed by atoms with Gasteiger partial charge in [0.25, 0.3) is 0 Å². The third-order valence-electron chi connectivity index (χ3n) is 2.68. The van der Waals surface area contributed by atoms with E-state index < -0.39 is 0 Å². The maximum atomic E-state index is 9.75. The van der Waals surface area contributed by atoms with E-state index in [0.717, 1.165) is 22.0 Å². The summed E-state index contributed by atoms with van der Waals surface area (Å²) in [6.07, 6.45) is 1.91. The van der Waals surface area contributed by atoms with Crippen LogP contribution in [-0.2, 0) is 0 Å². The molecule has 0 fully saturated rings. The number of aromatic nitrogens is 1. The van der Waals surface area contributed by atoms with Crippen LogP contribution in [0, 0.1) is 6.07 Å². The van der Waals surface area contributed by atoms with Gasteiger partial charge in [0.15, 0.2) is 0 Å². The van der Waals surface area contributed by atoms with E-state index in [4.69, 9.17) is 0 Å². The minimum atomic E-state index is 0.261. The van der Waals surface area contributed by atoms with Gasteiger partial charge in [0, 0.05) is 17.3 Å². The van der Waals surface area contributed by atoms with E-state index in [-0.39, 0.29) is 5.75 Å². The highest BCUT2D eigenvalue weighted by Crippen LogP contribution is 2.30. The maximum absolute atomic E-state index is 9.75. The first-order chi connectivity index (χ1) is 7.84. The Hall–Kier alpha value is -2.22. The van der Waals surface area contributed by atoms with Crippen molar-refractivity contribution in [3.63, 3.8) is 0 Å². The van der Waals surface area contributed by atoms with Crippen LogP contribution in [-0.4, -0.2) is 10.1 Å². The van der Waals surface area contributed by atoms with Crippen LogP contribution in [0.5, 0.6) is 5.75 Å². The maximum Gasteiger partial charge on any atom is 0.124 e. The van der Waals surface area contributed by atoms with E-state index in [1.54, 1.807) is 18.2 Å². The second kappa shape index (κ2) is 3.42. The fourth-order valence-corrected chi connectivity index (χ4v) is 1.87. The number of benzene rings is 2. The van der Waals surface area contributed by atoms with Gasteiger partial charge in [-0.1, -0.05) is 18.2 Å². The van der Waals surface area contributed by atoms with Crippen LogP contribution >= 0.6 is 0 Å². The molecule has 16 heavy (non-hydrogen) atoms. The number of fused-ring (bicyclic) bond motifs is 1. The number of rotatable bonds is 1. The summed E-state index contributed by atoms with van der Waals surface area (Å²) < 4.78 is 0.